The van der Waals surface area contributed by atoms with Gasteiger partial charge in [0.05, 0.1) is 25.7 Å². The van der Waals surface area contributed by atoms with E-state index >= 15 is 0 Å². The molecule has 1 unspecified atom stereocenters. The van der Waals surface area contributed by atoms with Crippen molar-refractivity contribution in [2.24, 2.45) is 0 Å². The minimum absolute atomic E-state index is 0.189. The Balaban J connectivity index is 1.34. The number of morpholine rings is 1. The molecule has 1 atom stereocenters. The number of amides is 1. The van der Waals surface area contributed by atoms with Crippen molar-refractivity contribution < 1.29 is 9.53 Å². The topological polar surface area (TPSA) is 63.6 Å². The van der Waals surface area contributed by atoms with Crippen LogP contribution in [0, 0.1) is 6.92 Å². The Kier molecular flexibility index (Phi) is 7.14. The molecule has 0 radical (unpaired) electrons. The maximum Gasteiger partial charge on any atom is 0.274 e. The molecule has 2 heterocycles. The number of pyridine rings is 1. The largest absolute Gasteiger partial charge is 0.375 e. The normalized spacial score (nSPS) is 16.6. The van der Waals surface area contributed by atoms with Crippen molar-refractivity contribution in [1.82, 2.24) is 9.47 Å². The van der Waals surface area contributed by atoms with Gasteiger partial charge in [-0.05, 0) is 30.2 Å². The second-order valence-electron chi connectivity index (χ2n) is 8.31. The highest BCUT2D eigenvalue weighted by Gasteiger charge is 2.23. The highest BCUT2D eigenvalue weighted by molar-refractivity contribution is 5.90. The molecule has 1 aromatic heterocycles. The highest BCUT2D eigenvalue weighted by Crippen LogP contribution is 2.14. The van der Waals surface area contributed by atoms with Gasteiger partial charge in [-0.15, -0.1) is 0 Å². The Morgan fingerprint density at radius 2 is 1.75 bits per heavy atom. The van der Waals surface area contributed by atoms with Crippen LogP contribution in [-0.2, 0) is 22.6 Å². The van der Waals surface area contributed by atoms with Crippen LogP contribution in [-0.4, -0.2) is 41.2 Å². The number of carbonyl (C=O) groups is 1. The van der Waals surface area contributed by atoms with Gasteiger partial charge in [0, 0.05) is 25.8 Å². The molecule has 6 nitrogen and oxygen atoms in total. The Morgan fingerprint density at radius 1 is 1.00 bits per heavy atom. The fourth-order valence-corrected chi connectivity index (χ4v) is 3.94. The third-order valence-electron chi connectivity index (χ3n) is 5.65. The van der Waals surface area contributed by atoms with Crippen LogP contribution in [0.4, 0.5) is 5.69 Å². The Hall–Kier alpha value is -3.22. The van der Waals surface area contributed by atoms with Crippen LogP contribution in [0.1, 0.15) is 23.1 Å². The molecule has 0 aliphatic carbocycles. The van der Waals surface area contributed by atoms with Gasteiger partial charge in [0.15, 0.2) is 0 Å². The summed E-state index contributed by atoms with van der Waals surface area (Å²) in [5, 5.41) is 2.79. The Morgan fingerprint density at radius 3 is 2.53 bits per heavy atom. The first kappa shape index (κ1) is 22.0. The molecule has 2 aromatic carbocycles. The number of carbonyl (C=O) groups excluding carboxylic acids is 1. The number of ether oxygens (including phenoxy) is 1. The second-order valence-corrected chi connectivity index (χ2v) is 8.31. The molecule has 0 bridgehead atoms. The summed E-state index contributed by atoms with van der Waals surface area (Å²) in [6, 6.07) is 21.8. The van der Waals surface area contributed by atoms with Crippen LogP contribution in [0.3, 0.4) is 0 Å². The smallest absolute Gasteiger partial charge is 0.274 e. The maximum atomic E-state index is 12.8. The summed E-state index contributed by atoms with van der Waals surface area (Å²) in [4.78, 5) is 27.8. The fourth-order valence-electron chi connectivity index (χ4n) is 3.94. The molecule has 1 aliphatic heterocycles. The molecule has 32 heavy (non-hydrogen) atoms. The third-order valence-corrected chi connectivity index (χ3v) is 5.65. The number of hydrogen-bond acceptors (Lipinski definition) is 4. The van der Waals surface area contributed by atoms with Crippen molar-refractivity contribution in [3.8, 4) is 0 Å². The Labute approximate surface area is 188 Å². The number of benzene rings is 2. The SMILES string of the molecule is Cc1ccc(Cn2cccc(NC(=O)CC3CN(Cc4ccccc4)CCO3)c2=O)cc1. The van der Waals surface area contributed by atoms with Crippen LogP contribution in [0.15, 0.2) is 77.7 Å². The molecule has 166 valence electrons. The van der Waals surface area contributed by atoms with Crippen molar-refractivity contribution in [3.05, 3.63) is 100.0 Å². The maximum absolute atomic E-state index is 12.8. The van der Waals surface area contributed by atoms with E-state index in [1.807, 2.05) is 49.4 Å². The number of hydrogen-bond donors (Lipinski definition) is 1. The van der Waals surface area contributed by atoms with Gasteiger partial charge in [0.1, 0.15) is 5.69 Å². The minimum Gasteiger partial charge on any atom is -0.375 e. The van der Waals surface area contributed by atoms with Gasteiger partial charge in [-0.2, -0.15) is 0 Å². The zero-order chi connectivity index (χ0) is 22.3. The van der Waals surface area contributed by atoms with Crippen LogP contribution in [0.2, 0.25) is 0 Å². The first-order valence-electron chi connectivity index (χ1n) is 11.0. The molecular formula is C26H29N3O3. The first-order valence-corrected chi connectivity index (χ1v) is 11.0. The summed E-state index contributed by atoms with van der Waals surface area (Å²) >= 11 is 0. The summed E-state index contributed by atoms with van der Waals surface area (Å²) < 4.78 is 7.42. The van der Waals surface area contributed by atoms with E-state index in [2.05, 4.69) is 22.3 Å². The van der Waals surface area contributed by atoms with E-state index in [9.17, 15) is 9.59 Å². The van der Waals surface area contributed by atoms with E-state index in [0.29, 0.717) is 25.4 Å². The lowest BCUT2D eigenvalue weighted by atomic mass is 10.1. The summed E-state index contributed by atoms with van der Waals surface area (Å²) in [6.07, 6.45) is 1.77. The summed E-state index contributed by atoms with van der Waals surface area (Å²) in [5.41, 5.74) is 3.54. The quantitative estimate of drug-likeness (QED) is 0.623. The van der Waals surface area contributed by atoms with Crippen molar-refractivity contribution in [1.29, 1.82) is 0 Å². The van der Waals surface area contributed by atoms with Crippen molar-refractivity contribution in [2.75, 3.05) is 25.0 Å². The molecule has 6 heteroatoms. The molecule has 0 spiro atoms. The molecule has 4 rings (SSSR count). The fraction of sp³-hybridized carbons (Fsp3) is 0.308. The minimum atomic E-state index is -0.211. The van der Waals surface area contributed by atoms with Crippen LogP contribution in [0.5, 0.6) is 0 Å². The zero-order valence-electron chi connectivity index (χ0n) is 18.4. The molecule has 1 aliphatic rings. The number of nitrogens with zero attached hydrogens (tertiary/aromatic N) is 2. The zero-order valence-corrected chi connectivity index (χ0v) is 18.4. The highest BCUT2D eigenvalue weighted by atomic mass is 16.5. The van der Waals surface area contributed by atoms with Gasteiger partial charge in [-0.25, -0.2) is 0 Å². The van der Waals surface area contributed by atoms with Crippen LogP contribution < -0.4 is 10.9 Å². The van der Waals surface area contributed by atoms with E-state index in [4.69, 9.17) is 4.74 Å². The number of anilines is 1. The van der Waals surface area contributed by atoms with Gasteiger partial charge in [0.25, 0.3) is 5.56 Å². The van der Waals surface area contributed by atoms with Gasteiger partial charge in [0.2, 0.25) is 5.91 Å². The lowest BCUT2D eigenvalue weighted by Crippen LogP contribution is -2.43. The van der Waals surface area contributed by atoms with Gasteiger partial charge in [-0.1, -0.05) is 60.2 Å². The van der Waals surface area contributed by atoms with E-state index in [-0.39, 0.29) is 24.0 Å². The first-order chi connectivity index (χ1) is 15.6. The average Bonchev–Trinajstić information content (AvgIpc) is 2.79. The average molecular weight is 432 g/mol. The second kappa shape index (κ2) is 10.4. The summed E-state index contributed by atoms with van der Waals surface area (Å²) in [5.74, 6) is -0.207. The van der Waals surface area contributed by atoms with Crippen LogP contribution >= 0.6 is 0 Å². The van der Waals surface area contributed by atoms with Crippen LogP contribution in [0.25, 0.3) is 0 Å². The molecular weight excluding hydrogens is 402 g/mol. The number of aromatic nitrogens is 1. The molecule has 1 saturated heterocycles. The Bertz CT molecular complexity index is 1090. The molecule has 1 amide bonds. The van der Waals surface area contributed by atoms with Crippen molar-refractivity contribution >= 4 is 11.6 Å². The van der Waals surface area contributed by atoms with E-state index in [1.165, 1.54) is 11.1 Å². The van der Waals surface area contributed by atoms with Crippen molar-refractivity contribution in [3.63, 3.8) is 0 Å². The number of aryl methyl sites for hydroxylation is 1. The van der Waals surface area contributed by atoms with E-state index in [1.54, 1.807) is 22.9 Å². The molecule has 1 N–H and O–H groups in total. The predicted molar refractivity (Wildman–Crippen MR) is 126 cm³/mol. The van der Waals surface area contributed by atoms with Gasteiger partial charge >= 0.3 is 0 Å². The monoisotopic (exact) mass is 431 g/mol. The van der Waals surface area contributed by atoms with Gasteiger partial charge in [-0.3, -0.25) is 14.5 Å². The standard InChI is InChI=1S/C26H29N3O3/c1-20-9-11-22(12-10-20)18-29-13-5-8-24(26(29)31)27-25(30)16-23-19-28(14-15-32-23)17-21-6-3-2-4-7-21/h2-13,23H,14-19H2,1H3,(H,27,30). The lowest BCUT2D eigenvalue weighted by molar-refractivity contribution is -0.121. The van der Waals surface area contributed by atoms with Crippen molar-refractivity contribution in [2.45, 2.75) is 32.5 Å². The molecule has 0 saturated carbocycles. The molecule has 1 fully saturated rings. The summed E-state index contributed by atoms with van der Waals surface area (Å²) in [6.45, 7) is 5.46. The number of rotatable bonds is 7. The van der Waals surface area contributed by atoms with E-state index < -0.39 is 0 Å². The number of nitrogens with one attached hydrogen (secondary N) is 1. The predicted octanol–water partition coefficient (Wildman–Crippen LogP) is 3.43. The molecule has 3 aromatic rings. The summed E-state index contributed by atoms with van der Waals surface area (Å²) in [7, 11) is 0. The van der Waals surface area contributed by atoms with Gasteiger partial charge < -0.3 is 14.6 Å². The lowest BCUT2D eigenvalue weighted by Gasteiger charge is -2.32. The van der Waals surface area contributed by atoms with E-state index in [0.717, 1.165) is 18.7 Å². The third kappa shape index (κ3) is 5.93.